The minimum Gasteiger partial charge on any atom is -0.379 e. The molecule has 182 valence electrons. The summed E-state index contributed by atoms with van der Waals surface area (Å²) in [4.78, 5) is 15.5. The highest BCUT2D eigenvalue weighted by molar-refractivity contribution is 7.91. The van der Waals surface area contributed by atoms with E-state index in [-0.39, 0.29) is 5.56 Å². The number of aromatic nitrogens is 2. The molecule has 10 heteroatoms. The van der Waals surface area contributed by atoms with Crippen molar-refractivity contribution in [2.24, 2.45) is 0 Å². The summed E-state index contributed by atoms with van der Waals surface area (Å²) >= 11 is 1.23. The van der Waals surface area contributed by atoms with E-state index in [1.165, 1.54) is 26.7 Å². The Bertz CT molecular complexity index is 1220. The number of para-hydroxylation sites is 1. The highest BCUT2D eigenvalue weighted by Crippen LogP contribution is 2.27. The molecule has 3 aromatic rings. The maximum absolute atomic E-state index is 13.4. The van der Waals surface area contributed by atoms with E-state index in [0.717, 1.165) is 24.9 Å². The average Bonchev–Trinajstić information content (AvgIpc) is 3.41. The first-order valence-electron chi connectivity index (χ1n) is 11.7. The molecule has 0 amide bonds. The summed E-state index contributed by atoms with van der Waals surface area (Å²) in [5.41, 5.74) is 1.75. The maximum atomic E-state index is 13.4. The quantitative estimate of drug-likeness (QED) is 0.425. The molecule has 0 unspecified atom stereocenters. The second-order valence-corrected chi connectivity index (χ2v) is 11.4. The van der Waals surface area contributed by atoms with Crippen molar-refractivity contribution >= 4 is 32.7 Å². The number of piperazine rings is 1. The zero-order valence-electron chi connectivity index (χ0n) is 19.4. The second-order valence-electron chi connectivity index (χ2n) is 8.27. The molecule has 34 heavy (non-hydrogen) atoms. The van der Waals surface area contributed by atoms with Crippen molar-refractivity contribution in [1.82, 2.24) is 14.1 Å². The summed E-state index contributed by atoms with van der Waals surface area (Å²) in [6, 6.07) is 12.8. The Morgan fingerprint density at radius 1 is 1.00 bits per heavy atom. The Kier molecular flexibility index (Phi) is 8.02. The van der Waals surface area contributed by atoms with Crippen LogP contribution in [0, 0.1) is 0 Å². The second kappa shape index (κ2) is 11.2. The number of sulfonamides is 1. The first-order chi connectivity index (χ1) is 16.5. The van der Waals surface area contributed by atoms with Gasteiger partial charge in [0.25, 0.3) is 15.6 Å². The third-order valence-corrected chi connectivity index (χ3v) is 9.23. The molecule has 3 heterocycles. The number of rotatable bonds is 10. The van der Waals surface area contributed by atoms with Gasteiger partial charge in [-0.25, -0.2) is 8.42 Å². The van der Waals surface area contributed by atoms with Crippen molar-refractivity contribution in [2.45, 2.75) is 36.8 Å². The average molecular weight is 502 g/mol. The smallest absolute Gasteiger partial charge is 0.296 e. The molecule has 0 radical (unpaired) electrons. The predicted molar refractivity (Wildman–Crippen MR) is 138 cm³/mol. The van der Waals surface area contributed by atoms with Gasteiger partial charge in [-0.1, -0.05) is 50.5 Å². The van der Waals surface area contributed by atoms with Gasteiger partial charge in [0.15, 0.2) is 0 Å². The van der Waals surface area contributed by atoms with E-state index in [0.29, 0.717) is 48.3 Å². The van der Waals surface area contributed by atoms with Gasteiger partial charge in [-0.3, -0.25) is 4.79 Å². The van der Waals surface area contributed by atoms with Crippen LogP contribution in [0.4, 0.5) is 11.4 Å². The van der Waals surface area contributed by atoms with Gasteiger partial charge in [-0.2, -0.15) is 14.1 Å². The van der Waals surface area contributed by atoms with Crippen LogP contribution in [0.3, 0.4) is 0 Å². The molecular formula is C24H31N5O3S2. The number of unbranched alkanes of at least 4 members (excludes halogenated alkanes) is 3. The molecule has 8 nitrogen and oxygen atoms in total. The van der Waals surface area contributed by atoms with Crippen LogP contribution in [0.2, 0.25) is 0 Å². The fraction of sp³-hybridized carbons (Fsp3) is 0.417. The summed E-state index contributed by atoms with van der Waals surface area (Å²) in [5.74, 6) is 0. The number of nitrogens with one attached hydrogen (secondary N) is 1. The van der Waals surface area contributed by atoms with Gasteiger partial charge in [-0.05, 0) is 30.0 Å². The monoisotopic (exact) mass is 501 g/mol. The van der Waals surface area contributed by atoms with Crippen molar-refractivity contribution in [3.63, 3.8) is 0 Å². The zero-order valence-corrected chi connectivity index (χ0v) is 21.0. The molecule has 0 atom stereocenters. The highest BCUT2D eigenvalue weighted by Gasteiger charge is 2.30. The molecule has 1 fully saturated rings. The fourth-order valence-electron chi connectivity index (χ4n) is 4.08. The molecule has 0 aliphatic carbocycles. The van der Waals surface area contributed by atoms with E-state index in [4.69, 9.17) is 0 Å². The normalized spacial score (nSPS) is 14.9. The summed E-state index contributed by atoms with van der Waals surface area (Å²) in [5, 5.41) is 9.58. The molecule has 0 saturated carbocycles. The van der Waals surface area contributed by atoms with Gasteiger partial charge < -0.3 is 10.2 Å². The van der Waals surface area contributed by atoms with E-state index in [9.17, 15) is 13.2 Å². The molecule has 0 spiro atoms. The minimum absolute atomic E-state index is 0.201. The number of nitrogens with zero attached hydrogens (tertiary/aromatic N) is 4. The molecule has 1 N–H and O–H groups in total. The van der Waals surface area contributed by atoms with Gasteiger partial charge in [0.2, 0.25) is 0 Å². The van der Waals surface area contributed by atoms with Crippen LogP contribution in [0.15, 0.2) is 63.0 Å². The van der Waals surface area contributed by atoms with Crippen LogP contribution in [0.1, 0.15) is 32.6 Å². The van der Waals surface area contributed by atoms with Crippen LogP contribution in [0.5, 0.6) is 0 Å². The molecular weight excluding hydrogens is 470 g/mol. The number of hydrogen-bond acceptors (Lipinski definition) is 7. The lowest BCUT2D eigenvalue weighted by Crippen LogP contribution is -2.49. The maximum Gasteiger partial charge on any atom is 0.296 e. The van der Waals surface area contributed by atoms with Crippen LogP contribution in [-0.2, 0) is 10.0 Å². The van der Waals surface area contributed by atoms with Gasteiger partial charge in [0, 0.05) is 32.7 Å². The topological polar surface area (TPSA) is 87.5 Å². The van der Waals surface area contributed by atoms with Gasteiger partial charge in [0.05, 0.1) is 17.6 Å². The number of hydrogen-bond donors (Lipinski definition) is 1. The molecule has 1 saturated heterocycles. The van der Waals surface area contributed by atoms with Crippen LogP contribution in [-0.4, -0.2) is 55.2 Å². The fourth-order valence-corrected chi connectivity index (χ4v) is 6.64. The summed E-state index contributed by atoms with van der Waals surface area (Å²) in [7, 11) is -3.48. The lowest BCUT2D eigenvalue weighted by Gasteiger charge is -2.35. The summed E-state index contributed by atoms with van der Waals surface area (Å²) in [6.45, 7) is 4.58. The number of anilines is 2. The van der Waals surface area contributed by atoms with Gasteiger partial charge in [-0.15, -0.1) is 11.3 Å². The number of thiophene rings is 1. The third kappa shape index (κ3) is 5.34. The van der Waals surface area contributed by atoms with Crippen molar-refractivity contribution in [2.75, 3.05) is 42.9 Å². The first kappa shape index (κ1) is 24.4. The van der Waals surface area contributed by atoms with E-state index < -0.39 is 10.0 Å². The largest absolute Gasteiger partial charge is 0.379 e. The van der Waals surface area contributed by atoms with E-state index in [2.05, 4.69) is 22.2 Å². The molecule has 1 aliphatic heterocycles. The highest BCUT2D eigenvalue weighted by atomic mass is 32.2. The molecule has 4 rings (SSSR count). The Balaban J connectivity index is 1.56. The zero-order chi connectivity index (χ0) is 24.0. The van der Waals surface area contributed by atoms with E-state index >= 15 is 0 Å². The Hall–Kier alpha value is -2.69. The lowest BCUT2D eigenvalue weighted by atomic mass is 10.2. The van der Waals surface area contributed by atoms with E-state index in [1.54, 1.807) is 23.7 Å². The summed E-state index contributed by atoms with van der Waals surface area (Å²) < 4.78 is 29.1. The van der Waals surface area contributed by atoms with Crippen molar-refractivity contribution < 1.29 is 8.42 Å². The van der Waals surface area contributed by atoms with Crippen LogP contribution in [0.25, 0.3) is 5.69 Å². The van der Waals surface area contributed by atoms with Crippen LogP contribution < -0.4 is 15.8 Å². The third-order valence-electron chi connectivity index (χ3n) is 5.96. The SMILES string of the molecule is CCCCCCNc1c(N2CCN(S(=O)(=O)c3cccs3)CC2)cnn(-c2ccccc2)c1=O. The van der Waals surface area contributed by atoms with Crippen molar-refractivity contribution in [3.05, 3.63) is 64.4 Å². The molecule has 0 bridgehead atoms. The molecule has 1 aromatic carbocycles. The van der Waals surface area contributed by atoms with Crippen LogP contribution >= 0.6 is 11.3 Å². The van der Waals surface area contributed by atoms with Gasteiger partial charge in [0.1, 0.15) is 9.90 Å². The minimum atomic E-state index is -3.48. The Labute approximate surface area is 204 Å². The Morgan fingerprint density at radius 3 is 2.44 bits per heavy atom. The van der Waals surface area contributed by atoms with Crippen molar-refractivity contribution in [1.29, 1.82) is 0 Å². The van der Waals surface area contributed by atoms with Gasteiger partial charge >= 0.3 is 0 Å². The number of benzene rings is 1. The van der Waals surface area contributed by atoms with E-state index in [1.807, 2.05) is 30.3 Å². The first-order valence-corrected chi connectivity index (χ1v) is 14.0. The van der Waals surface area contributed by atoms with Crippen molar-refractivity contribution in [3.8, 4) is 5.69 Å². The predicted octanol–water partition coefficient (Wildman–Crippen LogP) is 3.80. The standard InChI is InChI=1S/C24H31N5O3S2/c1-2-3-4-8-13-25-23-21(19-26-29(24(23)30)20-10-6-5-7-11-20)27-14-16-28(17-15-27)34(31,32)22-12-9-18-33-22/h5-7,9-12,18-19,25H,2-4,8,13-17H2,1H3. The molecule has 1 aliphatic rings. The lowest BCUT2D eigenvalue weighted by molar-refractivity contribution is 0.385. The Morgan fingerprint density at radius 2 is 1.76 bits per heavy atom. The molecule has 2 aromatic heterocycles. The summed E-state index contributed by atoms with van der Waals surface area (Å²) in [6.07, 6.45) is 6.12.